The highest BCUT2D eigenvalue weighted by atomic mass is 16.3. The molecule has 1 rings (SSSR count). The number of aliphatic hydroxyl groups is 2. The van der Waals surface area contributed by atoms with Crippen LogP contribution in [0.2, 0.25) is 0 Å². The number of likely N-dealkylation sites (tertiary alicyclic amines) is 1. The molecule has 1 aliphatic rings. The topological polar surface area (TPSA) is 43.7 Å². The van der Waals surface area contributed by atoms with Gasteiger partial charge in [-0.15, -0.1) is 0 Å². The van der Waals surface area contributed by atoms with Crippen molar-refractivity contribution in [1.29, 1.82) is 0 Å². The van der Waals surface area contributed by atoms with Crippen LogP contribution in [0.25, 0.3) is 0 Å². The van der Waals surface area contributed by atoms with Crippen LogP contribution in [0.4, 0.5) is 0 Å². The van der Waals surface area contributed by atoms with Crippen molar-refractivity contribution in [3.05, 3.63) is 0 Å². The van der Waals surface area contributed by atoms with Gasteiger partial charge in [-0.25, -0.2) is 0 Å². The van der Waals surface area contributed by atoms with Crippen molar-refractivity contribution < 1.29 is 10.2 Å². The molecular weight excluding hydrogens is 130 g/mol. The highest BCUT2D eigenvalue weighted by Crippen LogP contribution is 2.16. The number of β-amino-alcohol motifs (C(OH)–C–C–N with tert-alkyl or cyclic N) is 1. The van der Waals surface area contributed by atoms with Gasteiger partial charge < -0.3 is 15.1 Å². The van der Waals surface area contributed by atoms with Crippen molar-refractivity contribution in [3.8, 4) is 0 Å². The first kappa shape index (κ1) is 9.88. The lowest BCUT2D eigenvalue weighted by molar-refractivity contribution is -0.115. The van der Waals surface area contributed by atoms with Crippen LogP contribution in [0.15, 0.2) is 0 Å². The van der Waals surface area contributed by atoms with Gasteiger partial charge in [0.15, 0.2) is 0 Å². The van der Waals surface area contributed by atoms with Crippen LogP contribution >= 0.6 is 0 Å². The second kappa shape index (κ2) is 3.91. The highest BCUT2D eigenvalue weighted by molar-refractivity contribution is 4.92. The molecule has 0 atom stereocenters. The summed E-state index contributed by atoms with van der Waals surface area (Å²) in [5.74, 6) is 0. The molecule has 10 heavy (non-hydrogen) atoms. The van der Waals surface area contributed by atoms with Gasteiger partial charge in [0, 0.05) is 13.1 Å². The van der Waals surface area contributed by atoms with E-state index in [0.717, 1.165) is 0 Å². The Labute approximate surface area is 62.3 Å². The third-order valence-electron chi connectivity index (χ3n) is 1.42. The maximum atomic E-state index is 9.10. The SMILES string of the molecule is CC.CN1CC(O)(CO)C1. The molecular formula is C7H17NO2. The molecule has 62 valence electrons. The van der Waals surface area contributed by atoms with Crippen LogP contribution in [-0.2, 0) is 0 Å². The van der Waals surface area contributed by atoms with Gasteiger partial charge in [0.25, 0.3) is 0 Å². The molecule has 3 heteroatoms. The standard InChI is InChI=1S/C5H11NO2.C2H6/c1-6-2-5(8,3-6)4-7;1-2/h7-8H,2-4H2,1H3;1-2H3. The summed E-state index contributed by atoms with van der Waals surface area (Å²) in [4.78, 5) is 1.95. The Bertz CT molecular complexity index is 89.6. The molecule has 0 saturated carbocycles. The van der Waals surface area contributed by atoms with Crippen LogP contribution in [0, 0.1) is 0 Å². The Balaban J connectivity index is 0.000000371. The molecule has 0 aliphatic carbocycles. The number of rotatable bonds is 1. The van der Waals surface area contributed by atoms with Crippen LogP contribution in [0.3, 0.4) is 0 Å². The Hall–Kier alpha value is -0.120. The monoisotopic (exact) mass is 147 g/mol. The van der Waals surface area contributed by atoms with E-state index in [9.17, 15) is 0 Å². The molecule has 1 fully saturated rings. The first-order valence-electron chi connectivity index (χ1n) is 3.68. The van der Waals surface area contributed by atoms with Crippen molar-refractivity contribution in [2.75, 3.05) is 26.7 Å². The highest BCUT2D eigenvalue weighted by Gasteiger charge is 2.37. The minimum atomic E-state index is -0.783. The molecule has 0 radical (unpaired) electrons. The van der Waals surface area contributed by atoms with Gasteiger partial charge in [-0.05, 0) is 7.05 Å². The zero-order valence-electron chi connectivity index (χ0n) is 6.96. The minimum absolute atomic E-state index is 0.114. The van der Waals surface area contributed by atoms with E-state index in [0.29, 0.717) is 13.1 Å². The van der Waals surface area contributed by atoms with E-state index >= 15 is 0 Å². The van der Waals surface area contributed by atoms with Gasteiger partial charge in [0.2, 0.25) is 0 Å². The molecule has 0 unspecified atom stereocenters. The lowest BCUT2D eigenvalue weighted by Crippen LogP contribution is -2.62. The van der Waals surface area contributed by atoms with E-state index in [1.54, 1.807) is 0 Å². The minimum Gasteiger partial charge on any atom is -0.393 e. The van der Waals surface area contributed by atoms with E-state index in [2.05, 4.69) is 0 Å². The summed E-state index contributed by atoms with van der Waals surface area (Å²) in [5.41, 5.74) is -0.783. The quantitative estimate of drug-likeness (QED) is 0.534. The smallest absolute Gasteiger partial charge is 0.113 e. The number of nitrogens with zero attached hydrogens (tertiary/aromatic N) is 1. The zero-order chi connectivity index (χ0) is 8.20. The fraction of sp³-hybridized carbons (Fsp3) is 1.00. The van der Waals surface area contributed by atoms with Crippen molar-refractivity contribution in [3.63, 3.8) is 0 Å². The Morgan fingerprint density at radius 2 is 1.80 bits per heavy atom. The van der Waals surface area contributed by atoms with Crippen LogP contribution in [0.1, 0.15) is 13.8 Å². The Kier molecular flexibility index (Phi) is 3.86. The largest absolute Gasteiger partial charge is 0.393 e. The van der Waals surface area contributed by atoms with E-state index in [1.807, 2.05) is 25.8 Å². The molecule has 1 saturated heterocycles. The lowest BCUT2D eigenvalue weighted by atomic mass is 9.97. The molecule has 0 aromatic heterocycles. The van der Waals surface area contributed by atoms with Crippen molar-refractivity contribution in [1.82, 2.24) is 4.90 Å². The van der Waals surface area contributed by atoms with Crippen LogP contribution < -0.4 is 0 Å². The lowest BCUT2D eigenvalue weighted by Gasteiger charge is -2.43. The van der Waals surface area contributed by atoms with E-state index < -0.39 is 5.60 Å². The average Bonchev–Trinajstić information content (AvgIpc) is 1.90. The third-order valence-corrected chi connectivity index (χ3v) is 1.42. The van der Waals surface area contributed by atoms with E-state index in [1.165, 1.54) is 0 Å². The number of hydrogen-bond acceptors (Lipinski definition) is 3. The number of likely N-dealkylation sites (N-methyl/N-ethyl adjacent to an activating group) is 1. The molecule has 3 nitrogen and oxygen atoms in total. The fourth-order valence-electron chi connectivity index (χ4n) is 1.06. The predicted molar refractivity (Wildman–Crippen MR) is 40.9 cm³/mol. The molecule has 1 heterocycles. The average molecular weight is 147 g/mol. The summed E-state index contributed by atoms with van der Waals surface area (Å²) in [5, 5.41) is 17.6. The van der Waals surface area contributed by atoms with Crippen molar-refractivity contribution in [2.45, 2.75) is 19.4 Å². The normalized spacial score (nSPS) is 22.5. The van der Waals surface area contributed by atoms with Crippen LogP contribution in [0.5, 0.6) is 0 Å². The summed E-state index contributed by atoms with van der Waals surface area (Å²) >= 11 is 0. The number of hydrogen-bond donors (Lipinski definition) is 2. The van der Waals surface area contributed by atoms with Crippen molar-refractivity contribution >= 4 is 0 Å². The summed E-state index contributed by atoms with van der Waals surface area (Å²) in [7, 11) is 1.91. The van der Waals surface area contributed by atoms with Crippen LogP contribution in [-0.4, -0.2) is 47.5 Å². The summed E-state index contributed by atoms with van der Waals surface area (Å²) in [6.45, 7) is 5.09. The fourth-order valence-corrected chi connectivity index (χ4v) is 1.06. The Morgan fingerprint density at radius 1 is 1.40 bits per heavy atom. The van der Waals surface area contributed by atoms with E-state index in [-0.39, 0.29) is 6.61 Å². The van der Waals surface area contributed by atoms with Gasteiger partial charge in [0.1, 0.15) is 5.60 Å². The molecule has 0 spiro atoms. The zero-order valence-corrected chi connectivity index (χ0v) is 6.96. The molecule has 1 aliphatic heterocycles. The molecule has 2 N–H and O–H groups in total. The van der Waals surface area contributed by atoms with Gasteiger partial charge in [-0.1, -0.05) is 13.8 Å². The van der Waals surface area contributed by atoms with Gasteiger partial charge in [0.05, 0.1) is 6.61 Å². The van der Waals surface area contributed by atoms with Crippen molar-refractivity contribution in [2.24, 2.45) is 0 Å². The maximum absolute atomic E-state index is 9.10. The summed E-state index contributed by atoms with van der Waals surface area (Å²) < 4.78 is 0. The van der Waals surface area contributed by atoms with Gasteiger partial charge in [-0.2, -0.15) is 0 Å². The second-order valence-electron chi connectivity index (χ2n) is 2.55. The van der Waals surface area contributed by atoms with Gasteiger partial charge in [-0.3, -0.25) is 0 Å². The Morgan fingerprint density at radius 3 is 1.90 bits per heavy atom. The first-order chi connectivity index (χ1) is 4.66. The van der Waals surface area contributed by atoms with Gasteiger partial charge >= 0.3 is 0 Å². The second-order valence-corrected chi connectivity index (χ2v) is 2.55. The molecule has 0 bridgehead atoms. The third kappa shape index (κ3) is 2.25. The maximum Gasteiger partial charge on any atom is 0.113 e. The number of aliphatic hydroxyl groups excluding tert-OH is 1. The molecule has 0 amide bonds. The predicted octanol–water partition coefficient (Wildman–Crippen LogP) is -0.319. The first-order valence-corrected chi connectivity index (χ1v) is 3.68. The van der Waals surface area contributed by atoms with E-state index in [4.69, 9.17) is 10.2 Å². The molecule has 0 aromatic rings. The summed E-state index contributed by atoms with van der Waals surface area (Å²) in [6.07, 6.45) is 0. The summed E-state index contributed by atoms with van der Waals surface area (Å²) in [6, 6.07) is 0. The molecule has 0 aromatic carbocycles.